The number of hydrogen-bond donors (Lipinski definition) is 2. The van der Waals surface area contributed by atoms with Gasteiger partial charge in [0.05, 0.1) is 17.6 Å². The summed E-state index contributed by atoms with van der Waals surface area (Å²) in [7, 11) is 0. The molecular weight excluding hydrogens is 338 g/mol. The van der Waals surface area contributed by atoms with Crippen molar-refractivity contribution in [3.05, 3.63) is 63.3 Å². The Morgan fingerprint density at radius 1 is 1.15 bits per heavy atom. The van der Waals surface area contributed by atoms with Crippen LogP contribution in [0.5, 0.6) is 0 Å². The summed E-state index contributed by atoms with van der Waals surface area (Å²) in [6.45, 7) is 1.38. The van der Waals surface area contributed by atoms with E-state index in [4.69, 9.17) is 11.6 Å². The molecule has 0 aliphatic carbocycles. The number of aromatic nitrogens is 2. The number of benzene rings is 2. The molecule has 2 N–H and O–H groups in total. The summed E-state index contributed by atoms with van der Waals surface area (Å²) in [5.74, 6) is 0.928. The van der Waals surface area contributed by atoms with Gasteiger partial charge in [0.1, 0.15) is 5.82 Å². The average Bonchev–Trinajstić information content (AvgIpc) is 2.85. The molecule has 0 bridgehead atoms. The van der Waals surface area contributed by atoms with Crippen molar-refractivity contribution in [1.29, 1.82) is 0 Å². The zero-order chi connectivity index (χ0) is 13.9. The molecule has 1 aromatic heterocycles. The second kappa shape index (κ2) is 5.95. The Hall–Kier alpha value is -1.36. The molecule has 0 fully saturated rings. The fourth-order valence-electron chi connectivity index (χ4n) is 2.08. The van der Waals surface area contributed by atoms with Gasteiger partial charge in [-0.3, -0.25) is 0 Å². The van der Waals surface area contributed by atoms with Gasteiger partial charge in [0.2, 0.25) is 0 Å². The van der Waals surface area contributed by atoms with Gasteiger partial charge in [-0.05, 0) is 35.9 Å². The number of H-pyrrole nitrogens is 1. The molecule has 3 aromatic rings. The second-order valence-electron chi connectivity index (χ2n) is 4.54. The SMILES string of the molecule is Clc1ccc(Br)cc1CNCc1nc2ccccc2[nH]1. The topological polar surface area (TPSA) is 40.7 Å². The third-order valence-electron chi connectivity index (χ3n) is 3.05. The predicted octanol–water partition coefficient (Wildman–Crippen LogP) is 4.27. The van der Waals surface area contributed by atoms with Gasteiger partial charge < -0.3 is 10.3 Å². The minimum atomic E-state index is 0.678. The third kappa shape index (κ3) is 3.03. The van der Waals surface area contributed by atoms with Crippen LogP contribution in [-0.4, -0.2) is 9.97 Å². The molecule has 1 heterocycles. The molecule has 0 unspecified atom stereocenters. The van der Waals surface area contributed by atoms with E-state index in [9.17, 15) is 0 Å². The van der Waals surface area contributed by atoms with Gasteiger partial charge >= 0.3 is 0 Å². The Kier molecular flexibility index (Phi) is 4.05. The summed E-state index contributed by atoms with van der Waals surface area (Å²) < 4.78 is 1.03. The summed E-state index contributed by atoms with van der Waals surface area (Å²) in [6.07, 6.45) is 0. The summed E-state index contributed by atoms with van der Waals surface area (Å²) in [5, 5.41) is 4.12. The molecule has 20 heavy (non-hydrogen) atoms. The second-order valence-corrected chi connectivity index (χ2v) is 5.86. The van der Waals surface area contributed by atoms with E-state index >= 15 is 0 Å². The van der Waals surface area contributed by atoms with Crippen LogP contribution < -0.4 is 5.32 Å². The van der Waals surface area contributed by atoms with Crippen molar-refractivity contribution < 1.29 is 0 Å². The fraction of sp³-hybridized carbons (Fsp3) is 0.133. The van der Waals surface area contributed by atoms with Crippen LogP contribution in [-0.2, 0) is 13.1 Å². The van der Waals surface area contributed by atoms with Crippen LogP contribution in [0.15, 0.2) is 46.9 Å². The van der Waals surface area contributed by atoms with Crippen molar-refractivity contribution >= 4 is 38.6 Å². The Balaban J connectivity index is 1.66. The number of nitrogens with one attached hydrogen (secondary N) is 2. The van der Waals surface area contributed by atoms with E-state index in [2.05, 4.69) is 31.2 Å². The van der Waals surface area contributed by atoms with E-state index in [-0.39, 0.29) is 0 Å². The molecule has 102 valence electrons. The first-order valence-corrected chi connectivity index (χ1v) is 7.48. The molecule has 3 nitrogen and oxygen atoms in total. The Morgan fingerprint density at radius 2 is 2.00 bits per heavy atom. The van der Waals surface area contributed by atoms with Crippen LogP contribution in [0.2, 0.25) is 5.02 Å². The lowest BCUT2D eigenvalue weighted by Crippen LogP contribution is -2.14. The van der Waals surface area contributed by atoms with E-state index < -0.39 is 0 Å². The lowest BCUT2D eigenvalue weighted by Gasteiger charge is -2.06. The average molecular weight is 351 g/mol. The highest BCUT2D eigenvalue weighted by molar-refractivity contribution is 9.10. The molecule has 5 heteroatoms. The number of nitrogens with zero attached hydrogens (tertiary/aromatic N) is 1. The Labute approximate surface area is 130 Å². The van der Waals surface area contributed by atoms with Crippen LogP contribution in [0.4, 0.5) is 0 Å². The van der Waals surface area contributed by atoms with Gasteiger partial charge in [-0.15, -0.1) is 0 Å². The van der Waals surface area contributed by atoms with Crippen LogP contribution in [0.1, 0.15) is 11.4 Å². The fourth-order valence-corrected chi connectivity index (χ4v) is 2.68. The van der Waals surface area contributed by atoms with E-state index in [1.165, 1.54) is 0 Å². The van der Waals surface area contributed by atoms with E-state index in [1.807, 2.05) is 42.5 Å². The van der Waals surface area contributed by atoms with Crippen molar-refractivity contribution in [1.82, 2.24) is 15.3 Å². The quantitative estimate of drug-likeness (QED) is 0.738. The van der Waals surface area contributed by atoms with Crippen LogP contribution >= 0.6 is 27.5 Å². The molecular formula is C15H13BrClN3. The zero-order valence-corrected chi connectivity index (χ0v) is 13.0. The number of aromatic amines is 1. The van der Waals surface area contributed by atoms with Gasteiger partial charge in [-0.25, -0.2) is 4.98 Å². The monoisotopic (exact) mass is 349 g/mol. The van der Waals surface area contributed by atoms with Gasteiger partial charge in [0.25, 0.3) is 0 Å². The van der Waals surface area contributed by atoms with E-state index in [0.717, 1.165) is 31.9 Å². The summed E-state index contributed by atoms with van der Waals surface area (Å²) in [5.41, 5.74) is 3.12. The first-order valence-electron chi connectivity index (χ1n) is 6.30. The minimum absolute atomic E-state index is 0.678. The van der Waals surface area contributed by atoms with Crippen molar-refractivity contribution in [2.24, 2.45) is 0 Å². The van der Waals surface area contributed by atoms with Crippen molar-refractivity contribution in [2.45, 2.75) is 13.1 Å². The molecule has 0 saturated heterocycles. The number of halogens is 2. The maximum absolute atomic E-state index is 6.16. The number of para-hydroxylation sites is 2. The highest BCUT2D eigenvalue weighted by Gasteiger charge is 2.03. The van der Waals surface area contributed by atoms with Crippen LogP contribution in [0, 0.1) is 0 Å². The molecule has 2 aromatic carbocycles. The van der Waals surface area contributed by atoms with Crippen molar-refractivity contribution in [3.8, 4) is 0 Å². The number of fused-ring (bicyclic) bond motifs is 1. The number of rotatable bonds is 4. The lowest BCUT2D eigenvalue weighted by atomic mass is 10.2. The first kappa shape index (κ1) is 13.6. The number of imidazole rings is 1. The minimum Gasteiger partial charge on any atom is -0.341 e. The zero-order valence-electron chi connectivity index (χ0n) is 10.7. The van der Waals surface area contributed by atoms with E-state index in [0.29, 0.717) is 13.1 Å². The Bertz CT molecular complexity index is 706. The molecule has 0 amide bonds. The lowest BCUT2D eigenvalue weighted by molar-refractivity contribution is 0.670. The smallest absolute Gasteiger partial charge is 0.121 e. The Morgan fingerprint density at radius 3 is 2.85 bits per heavy atom. The summed E-state index contributed by atoms with van der Waals surface area (Å²) in [4.78, 5) is 7.82. The number of hydrogen-bond acceptors (Lipinski definition) is 2. The summed E-state index contributed by atoms with van der Waals surface area (Å²) in [6, 6.07) is 13.9. The van der Waals surface area contributed by atoms with Crippen molar-refractivity contribution in [2.75, 3.05) is 0 Å². The maximum atomic E-state index is 6.16. The normalized spacial score (nSPS) is 11.1. The first-order chi connectivity index (χ1) is 9.72. The highest BCUT2D eigenvalue weighted by Crippen LogP contribution is 2.20. The predicted molar refractivity (Wildman–Crippen MR) is 85.8 cm³/mol. The highest BCUT2D eigenvalue weighted by atomic mass is 79.9. The van der Waals surface area contributed by atoms with Crippen molar-refractivity contribution in [3.63, 3.8) is 0 Å². The maximum Gasteiger partial charge on any atom is 0.121 e. The van der Waals surface area contributed by atoms with Gasteiger partial charge in [-0.1, -0.05) is 39.7 Å². The molecule has 0 aliphatic heterocycles. The molecule has 0 spiro atoms. The van der Waals surface area contributed by atoms with Crippen LogP contribution in [0.25, 0.3) is 11.0 Å². The molecule has 0 saturated carbocycles. The van der Waals surface area contributed by atoms with Crippen LogP contribution in [0.3, 0.4) is 0 Å². The molecule has 3 rings (SSSR count). The van der Waals surface area contributed by atoms with Gasteiger partial charge in [0.15, 0.2) is 0 Å². The van der Waals surface area contributed by atoms with E-state index in [1.54, 1.807) is 0 Å². The molecule has 0 aliphatic rings. The molecule has 0 radical (unpaired) electrons. The largest absolute Gasteiger partial charge is 0.341 e. The third-order valence-corrected chi connectivity index (χ3v) is 3.92. The summed E-state index contributed by atoms with van der Waals surface area (Å²) >= 11 is 9.61. The van der Waals surface area contributed by atoms with Gasteiger partial charge in [-0.2, -0.15) is 0 Å². The molecule has 0 atom stereocenters. The van der Waals surface area contributed by atoms with Gasteiger partial charge in [0, 0.05) is 16.0 Å². The standard InChI is InChI=1S/C15H13BrClN3/c16-11-5-6-12(17)10(7-11)8-18-9-15-19-13-3-1-2-4-14(13)20-15/h1-7,18H,8-9H2,(H,19,20).